The van der Waals surface area contributed by atoms with Crippen molar-refractivity contribution in [1.29, 1.82) is 0 Å². The molecule has 0 radical (unpaired) electrons. The standard InChI is InChI=1S/C32H40FN5O/c1-7-9-15-38(8-2)31-19-25(17-28(37-31)29-12-10-11-16-39-29)27-20-26(21-35-23(27)4)36-22(3)24-13-14-34-30(18-24)32(5,6)33/h7,13-14,17-21,29,36H,1,3,8-12,15-16H2,2,4-6H3. The van der Waals surface area contributed by atoms with Crippen molar-refractivity contribution in [3.05, 3.63) is 84.6 Å². The van der Waals surface area contributed by atoms with Crippen molar-refractivity contribution >= 4 is 17.2 Å². The summed E-state index contributed by atoms with van der Waals surface area (Å²) in [7, 11) is 0. The van der Waals surface area contributed by atoms with Gasteiger partial charge in [0.25, 0.3) is 0 Å². The van der Waals surface area contributed by atoms with Gasteiger partial charge in [-0.2, -0.15) is 0 Å². The maximum atomic E-state index is 14.5. The number of anilines is 2. The Morgan fingerprint density at radius 1 is 1.23 bits per heavy atom. The lowest BCUT2D eigenvalue weighted by Crippen LogP contribution is -2.25. The normalized spacial score (nSPS) is 15.6. The smallest absolute Gasteiger partial charge is 0.147 e. The van der Waals surface area contributed by atoms with Crippen LogP contribution < -0.4 is 10.2 Å². The van der Waals surface area contributed by atoms with Gasteiger partial charge in [0.1, 0.15) is 11.5 Å². The fourth-order valence-corrected chi connectivity index (χ4v) is 4.76. The largest absolute Gasteiger partial charge is 0.372 e. The molecule has 1 fully saturated rings. The first kappa shape index (κ1) is 28.4. The quantitative estimate of drug-likeness (QED) is 0.256. The minimum atomic E-state index is -1.54. The van der Waals surface area contributed by atoms with Crippen molar-refractivity contribution in [2.45, 2.75) is 65.2 Å². The van der Waals surface area contributed by atoms with Crippen molar-refractivity contribution in [3.63, 3.8) is 0 Å². The SMILES string of the molecule is C=CCCN(CC)c1cc(-c2cc(NC(=C)c3ccnc(C(C)(C)F)c3)cnc2C)cc(C2CCCCO2)n1. The van der Waals surface area contributed by atoms with Crippen molar-refractivity contribution in [2.75, 3.05) is 29.9 Å². The second-order valence-corrected chi connectivity index (χ2v) is 10.5. The minimum Gasteiger partial charge on any atom is -0.372 e. The van der Waals surface area contributed by atoms with Gasteiger partial charge in [-0.25, -0.2) is 9.37 Å². The molecule has 1 aliphatic rings. The Hall–Kier alpha value is -3.58. The lowest BCUT2D eigenvalue weighted by atomic mass is 9.99. The average molecular weight is 530 g/mol. The van der Waals surface area contributed by atoms with Crippen LogP contribution in [0.25, 0.3) is 16.8 Å². The molecule has 1 atom stereocenters. The van der Waals surface area contributed by atoms with Crippen molar-refractivity contribution in [3.8, 4) is 11.1 Å². The zero-order valence-electron chi connectivity index (χ0n) is 23.6. The van der Waals surface area contributed by atoms with E-state index in [4.69, 9.17) is 14.7 Å². The van der Waals surface area contributed by atoms with Crippen LogP contribution in [0.1, 0.15) is 75.2 Å². The van der Waals surface area contributed by atoms with E-state index in [9.17, 15) is 4.39 Å². The van der Waals surface area contributed by atoms with Gasteiger partial charge in [-0.05, 0) is 89.3 Å². The van der Waals surface area contributed by atoms with Crippen LogP contribution in [0.3, 0.4) is 0 Å². The number of hydrogen-bond acceptors (Lipinski definition) is 6. The highest BCUT2D eigenvalue weighted by Gasteiger charge is 2.22. The highest BCUT2D eigenvalue weighted by molar-refractivity contribution is 5.79. The topological polar surface area (TPSA) is 63.2 Å². The fraction of sp³-hybridized carbons (Fsp3) is 0.406. The fourth-order valence-electron chi connectivity index (χ4n) is 4.76. The molecule has 3 aromatic rings. The van der Waals surface area contributed by atoms with Crippen LogP contribution in [0.4, 0.5) is 15.9 Å². The van der Waals surface area contributed by atoms with Crippen LogP contribution >= 0.6 is 0 Å². The molecule has 0 saturated carbocycles. The van der Waals surface area contributed by atoms with Crippen molar-refractivity contribution in [1.82, 2.24) is 15.0 Å². The summed E-state index contributed by atoms with van der Waals surface area (Å²) < 4.78 is 20.6. The zero-order chi connectivity index (χ0) is 28.0. The summed E-state index contributed by atoms with van der Waals surface area (Å²) in [5.74, 6) is 0.932. The molecule has 1 aliphatic heterocycles. The van der Waals surface area contributed by atoms with E-state index in [-0.39, 0.29) is 6.10 Å². The van der Waals surface area contributed by atoms with Gasteiger partial charge in [0.2, 0.25) is 0 Å². The van der Waals surface area contributed by atoms with Gasteiger partial charge >= 0.3 is 0 Å². The van der Waals surface area contributed by atoms with Gasteiger partial charge in [0, 0.05) is 48.4 Å². The first-order valence-electron chi connectivity index (χ1n) is 13.8. The van der Waals surface area contributed by atoms with Gasteiger partial charge in [0.05, 0.1) is 29.4 Å². The Kier molecular flexibility index (Phi) is 9.12. The summed E-state index contributed by atoms with van der Waals surface area (Å²) in [4.78, 5) is 16.2. The number of pyridine rings is 3. The number of nitrogens with one attached hydrogen (secondary N) is 1. The second-order valence-electron chi connectivity index (χ2n) is 10.5. The van der Waals surface area contributed by atoms with Crippen molar-refractivity contribution < 1.29 is 9.13 Å². The molecule has 3 aromatic heterocycles. The molecular formula is C32H40FN5O. The summed E-state index contributed by atoms with van der Waals surface area (Å²) in [6, 6.07) is 9.91. The first-order chi connectivity index (χ1) is 18.7. The van der Waals surface area contributed by atoms with Crippen LogP contribution in [-0.4, -0.2) is 34.6 Å². The number of aromatic nitrogens is 3. The minimum absolute atomic E-state index is 0.00875. The monoisotopic (exact) mass is 529 g/mol. The number of ether oxygens (including phenoxy) is 1. The average Bonchev–Trinajstić information content (AvgIpc) is 2.94. The van der Waals surface area contributed by atoms with Gasteiger partial charge in [-0.15, -0.1) is 6.58 Å². The van der Waals surface area contributed by atoms with Crippen LogP contribution in [0, 0.1) is 6.92 Å². The number of hydrogen-bond donors (Lipinski definition) is 1. The molecule has 0 spiro atoms. The Bertz CT molecular complexity index is 1310. The van der Waals surface area contributed by atoms with Crippen LogP contribution in [-0.2, 0) is 10.4 Å². The van der Waals surface area contributed by atoms with E-state index < -0.39 is 5.67 Å². The number of halogens is 1. The Morgan fingerprint density at radius 3 is 2.74 bits per heavy atom. The highest BCUT2D eigenvalue weighted by Crippen LogP contribution is 2.34. The van der Waals surface area contributed by atoms with Crippen LogP contribution in [0.2, 0.25) is 0 Å². The predicted octanol–water partition coefficient (Wildman–Crippen LogP) is 7.78. The lowest BCUT2D eigenvalue weighted by molar-refractivity contribution is 0.0124. The summed E-state index contributed by atoms with van der Waals surface area (Å²) in [6.45, 7) is 17.7. The Labute approximate surface area is 232 Å². The van der Waals surface area contributed by atoms with E-state index in [2.05, 4.69) is 53.5 Å². The zero-order valence-corrected chi connectivity index (χ0v) is 23.6. The molecule has 6 nitrogen and oxygen atoms in total. The third-order valence-corrected chi connectivity index (χ3v) is 7.06. The van der Waals surface area contributed by atoms with Crippen molar-refractivity contribution in [2.24, 2.45) is 0 Å². The maximum Gasteiger partial charge on any atom is 0.147 e. The van der Waals surface area contributed by atoms with E-state index in [1.54, 1.807) is 18.5 Å². The Morgan fingerprint density at radius 2 is 2.05 bits per heavy atom. The molecular weight excluding hydrogens is 489 g/mol. The van der Waals surface area contributed by atoms with Gasteiger partial charge < -0.3 is 15.0 Å². The molecule has 0 bridgehead atoms. The van der Waals surface area contributed by atoms with Crippen LogP contribution in [0.15, 0.2) is 62.0 Å². The lowest BCUT2D eigenvalue weighted by Gasteiger charge is -2.27. The third-order valence-electron chi connectivity index (χ3n) is 7.06. The molecule has 1 saturated heterocycles. The molecule has 39 heavy (non-hydrogen) atoms. The maximum absolute atomic E-state index is 14.5. The van der Waals surface area contributed by atoms with E-state index in [0.29, 0.717) is 11.4 Å². The van der Waals surface area contributed by atoms with E-state index >= 15 is 0 Å². The molecule has 1 unspecified atom stereocenters. The van der Waals surface area contributed by atoms with E-state index in [1.165, 1.54) is 13.8 Å². The van der Waals surface area contributed by atoms with E-state index in [0.717, 1.165) is 85.0 Å². The van der Waals surface area contributed by atoms with Gasteiger partial charge in [-0.3, -0.25) is 9.97 Å². The molecule has 4 rings (SSSR count). The summed E-state index contributed by atoms with van der Waals surface area (Å²) in [5.41, 5.74) is 4.98. The summed E-state index contributed by atoms with van der Waals surface area (Å²) >= 11 is 0. The third kappa shape index (κ3) is 7.09. The number of aryl methyl sites for hydroxylation is 1. The summed E-state index contributed by atoms with van der Waals surface area (Å²) in [5, 5.41) is 3.36. The molecule has 4 heterocycles. The molecule has 0 amide bonds. The second kappa shape index (κ2) is 12.5. The van der Waals surface area contributed by atoms with E-state index in [1.807, 2.05) is 19.1 Å². The van der Waals surface area contributed by atoms with Gasteiger partial charge in [0.15, 0.2) is 0 Å². The summed E-state index contributed by atoms with van der Waals surface area (Å²) in [6.07, 6.45) is 9.41. The first-order valence-corrected chi connectivity index (χ1v) is 13.8. The predicted molar refractivity (Wildman–Crippen MR) is 158 cm³/mol. The highest BCUT2D eigenvalue weighted by atomic mass is 19.1. The number of rotatable bonds is 11. The molecule has 0 aromatic carbocycles. The molecule has 206 valence electrons. The van der Waals surface area contributed by atoms with Crippen LogP contribution in [0.5, 0.6) is 0 Å². The number of alkyl halides is 1. The molecule has 0 aliphatic carbocycles. The molecule has 7 heteroatoms. The molecule has 1 N–H and O–H groups in total. The Balaban J connectivity index is 1.69. The van der Waals surface area contributed by atoms with Gasteiger partial charge in [-0.1, -0.05) is 12.7 Å². The number of nitrogens with zero attached hydrogens (tertiary/aromatic N) is 4.